The lowest BCUT2D eigenvalue weighted by atomic mass is 10.00. The van der Waals surface area contributed by atoms with Gasteiger partial charge in [0.1, 0.15) is 17.3 Å². The number of furan rings is 1. The van der Waals surface area contributed by atoms with E-state index in [4.69, 9.17) is 13.9 Å². The monoisotopic (exact) mass is 261 g/mol. The van der Waals surface area contributed by atoms with Crippen LogP contribution in [0, 0.1) is 6.92 Å². The maximum Gasteiger partial charge on any atom is 0.128 e. The Hall–Kier alpha value is -1.94. The largest absolute Gasteiger partial charge is 0.496 e. The molecule has 0 radical (unpaired) electrons. The molecule has 0 saturated carbocycles. The molecular weight excluding hydrogens is 242 g/mol. The smallest absolute Gasteiger partial charge is 0.128 e. The molecule has 4 nitrogen and oxygen atoms in total. The average Bonchev–Trinajstić information content (AvgIpc) is 2.86. The van der Waals surface area contributed by atoms with Crippen LogP contribution in [0.4, 0.5) is 0 Å². The lowest BCUT2D eigenvalue weighted by molar-refractivity contribution is 0.369. The lowest BCUT2D eigenvalue weighted by Gasteiger charge is -2.21. The maximum atomic E-state index is 5.60. The molecule has 1 N–H and O–H groups in total. The number of ether oxygens (including phenoxy) is 2. The summed E-state index contributed by atoms with van der Waals surface area (Å²) in [5.74, 6) is 2.41. The minimum absolute atomic E-state index is 0.110. The minimum atomic E-state index is -0.110. The molecule has 0 spiro atoms. The number of benzene rings is 1. The summed E-state index contributed by atoms with van der Waals surface area (Å²) >= 11 is 0. The highest BCUT2D eigenvalue weighted by Gasteiger charge is 2.24. The molecule has 0 fully saturated rings. The maximum absolute atomic E-state index is 5.60. The molecule has 102 valence electrons. The van der Waals surface area contributed by atoms with E-state index in [2.05, 4.69) is 5.32 Å². The molecule has 0 aliphatic carbocycles. The Labute approximate surface area is 113 Å². The second-order valence-electron chi connectivity index (χ2n) is 4.27. The number of aryl methyl sites for hydroxylation is 1. The van der Waals surface area contributed by atoms with Gasteiger partial charge in [-0.25, -0.2) is 0 Å². The van der Waals surface area contributed by atoms with Crippen LogP contribution < -0.4 is 14.8 Å². The van der Waals surface area contributed by atoms with Gasteiger partial charge in [-0.05, 0) is 37.7 Å². The standard InChI is InChI=1S/C15H19NO3/c1-10-8-9-19-15(10)14(16-2)13-11(17-3)6-5-7-12(13)18-4/h5-9,14,16H,1-4H3. The number of nitrogens with one attached hydrogen (secondary N) is 1. The van der Waals surface area contributed by atoms with E-state index in [0.29, 0.717) is 0 Å². The van der Waals surface area contributed by atoms with Crippen molar-refractivity contribution in [3.05, 3.63) is 47.4 Å². The zero-order chi connectivity index (χ0) is 13.8. The van der Waals surface area contributed by atoms with Gasteiger partial charge < -0.3 is 19.2 Å². The van der Waals surface area contributed by atoms with Crippen molar-refractivity contribution < 1.29 is 13.9 Å². The second kappa shape index (κ2) is 5.80. The predicted molar refractivity (Wildman–Crippen MR) is 73.9 cm³/mol. The van der Waals surface area contributed by atoms with Crippen molar-refractivity contribution in [3.8, 4) is 11.5 Å². The first-order valence-electron chi connectivity index (χ1n) is 6.15. The summed E-state index contributed by atoms with van der Waals surface area (Å²) in [6.45, 7) is 2.02. The first-order valence-corrected chi connectivity index (χ1v) is 6.15. The molecule has 2 rings (SSSR count). The molecule has 1 unspecified atom stereocenters. The quantitative estimate of drug-likeness (QED) is 0.898. The number of methoxy groups -OCH3 is 2. The minimum Gasteiger partial charge on any atom is -0.496 e. The van der Waals surface area contributed by atoms with Crippen molar-refractivity contribution in [2.24, 2.45) is 0 Å². The van der Waals surface area contributed by atoms with Crippen molar-refractivity contribution in [1.29, 1.82) is 0 Å². The normalized spacial score (nSPS) is 12.2. The summed E-state index contributed by atoms with van der Waals surface area (Å²) in [7, 11) is 5.19. The first-order chi connectivity index (χ1) is 9.22. The molecular formula is C15H19NO3. The van der Waals surface area contributed by atoms with E-state index in [1.54, 1.807) is 20.5 Å². The van der Waals surface area contributed by atoms with E-state index in [1.807, 2.05) is 38.2 Å². The molecule has 0 bridgehead atoms. The summed E-state index contributed by atoms with van der Waals surface area (Å²) in [5, 5.41) is 3.26. The van der Waals surface area contributed by atoms with Crippen LogP contribution in [0.2, 0.25) is 0 Å². The van der Waals surface area contributed by atoms with Gasteiger partial charge in [0.2, 0.25) is 0 Å². The molecule has 1 heterocycles. The van der Waals surface area contributed by atoms with Crippen LogP contribution in [-0.4, -0.2) is 21.3 Å². The zero-order valence-electron chi connectivity index (χ0n) is 11.7. The fraction of sp³-hybridized carbons (Fsp3) is 0.333. The second-order valence-corrected chi connectivity index (χ2v) is 4.27. The summed E-state index contributed by atoms with van der Waals surface area (Å²) in [6.07, 6.45) is 1.69. The SMILES string of the molecule is CNC(c1occc1C)c1c(OC)cccc1OC. The third-order valence-electron chi connectivity index (χ3n) is 3.21. The van der Waals surface area contributed by atoms with Gasteiger partial charge in [-0.1, -0.05) is 6.07 Å². The Balaban J connectivity index is 2.57. The Morgan fingerprint density at radius 1 is 1.11 bits per heavy atom. The molecule has 0 aliphatic heterocycles. The van der Waals surface area contributed by atoms with Gasteiger partial charge in [0.25, 0.3) is 0 Å². The van der Waals surface area contributed by atoms with E-state index in [9.17, 15) is 0 Å². The molecule has 2 aromatic rings. The van der Waals surface area contributed by atoms with Crippen LogP contribution in [0.15, 0.2) is 34.9 Å². The number of rotatable bonds is 5. The molecule has 0 aliphatic rings. The third-order valence-corrected chi connectivity index (χ3v) is 3.21. The molecule has 1 aromatic carbocycles. The van der Waals surface area contributed by atoms with Crippen LogP contribution in [0.3, 0.4) is 0 Å². The topological polar surface area (TPSA) is 43.6 Å². The van der Waals surface area contributed by atoms with Crippen molar-refractivity contribution in [2.75, 3.05) is 21.3 Å². The van der Waals surface area contributed by atoms with E-state index in [0.717, 1.165) is 28.4 Å². The number of hydrogen-bond acceptors (Lipinski definition) is 4. The van der Waals surface area contributed by atoms with Gasteiger partial charge in [0, 0.05) is 0 Å². The van der Waals surface area contributed by atoms with Crippen molar-refractivity contribution in [1.82, 2.24) is 5.32 Å². The van der Waals surface area contributed by atoms with Crippen LogP contribution in [0.25, 0.3) is 0 Å². The van der Waals surface area contributed by atoms with E-state index < -0.39 is 0 Å². The zero-order valence-corrected chi connectivity index (χ0v) is 11.7. The van der Waals surface area contributed by atoms with Crippen molar-refractivity contribution in [3.63, 3.8) is 0 Å². The summed E-state index contributed by atoms with van der Waals surface area (Å²) in [6, 6.07) is 7.58. The highest BCUT2D eigenvalue weighted by Crippen LogP contribution is 2.38. The van der Waals surface area contributed by atoms with Gasteiger partial charge in [0.15, 0.2) is 0 Å². The third kappa shape index (κ3) is 2.44. The van der Waals surface area contributed by atoms with Crippen LogP contribution >= 0.6 is 0 Å². The molecule has 19 heavy (non-hydrogen) atoms. The summed E-state index contributed by atoms with van der Waals surface area (Å²) < 4.78 is 16.5. The summed E-state index contributed by atoms with van der Waals surface area (Å²) in [5.41, 5.74) is 2.03. The fourth-order valence-electron chi connectivity index (χ4n) is 2.25. The van der Waals surface area contributed by atoms with E-state index in [1.165, 1.54) is 0 Å². The molecule has 1 aromatic heterocycles. The van der Waals surface area contributed by atoms with Crippen LogP contribution in [0.5, 0.6) is 11.5 Å². The highest BCUT2D eigenvalue weighted by molar-refractivity contribution is 5.50. The molecule has 1 atom stereocenters. The predicted octanol–water partition coefficient (Wildman–Crippen LogP) is 2.91. The lowest BCUT2D eigenvalue weighted by Crippen LogP contribution is -2.19. The van der Waals surface area contributed by atoms with Crippen molar-refractivity contribution >= 4 is 0 Å². The molecule has 0 saturated heterocycles. The van der Waals surface area contributed by atoms with Crippen LogP contribution in [-0.2, 0) is 0 Å². The van der Waals surface area contributed by atoms with E-state index >= 15 is 0 Å². The highest BCUT2D eigenvalue weighted by atomic mass is 16.5. The van der Waals surface area contributed by atoms with E-state index in [-0.39, 0.29) is 6.04 Å². The van der Waals surface area contributed by atoms with Crippen LogP contribution in [0.1, 0.15) is 22.9 Å². The van der Waals surface area contributed by atoms with Gasteiger partial charge in [-0.15, -0.1) is 0 Å². The fourth-order valence-corrected chi connectivity index (χ4v) is 2.25. The van der Waals surface area contributed by atoms with Gasteiger partial charge in [-0.3, -0.25) is 0 Å². The Bertz CT molecular complexity index is 526. The van der Waals surface area contributed by atoms with Gasteiger partial charge >= 0.3 is 0 Å². The average molecular weight is 261 g/mol. The Morgan fingerprint density at radius 3 is 2.16 bits per heavy atom. The molecule has 0 amide bonds. The molecule has 4 heteroatoms. The van der Waals surface area contributed by atoms with Gasteiger partial charge in [0.05, 0.1) is 32.1 Å². The Morgan fingerprint density at radius 2 is 1.74 bits per heavy atom. The van der Waals surface area contributed by atoms with Gasteiger partial charge in [-0.2, -0.15) is 0 Å². The Kier molecular flexibility index (Phi) is 4.12. The first kappa shape index (κ1) is 13.5. The number of hydrogen-bond donors (Lipinski definition) is 1. The van der Waals surface area contributed by atoms with Crippen molar-refractivity contribution in [2.45, 2.75) is 13.0 Å². The summed E-state index contributed by atoms with van der Waals surface area (Å²) in [4.78, 5) is 0.